The number of aryl methyl sites for hydroxylation is 2. The van der Waals surface area contributed by atoms with Gasteiger partial charge in [0.15, 0.2) is 0 Å². The van der Waals surface area contributed by atoms with Gasteiger partial charge in [-0.05, 0) is 37.5 Å². The molecular formula is C17H24FN4O2S+. The minimum absolute atomic E-state index is 0.0135. The molecule has 0 spiro atoms. The second-order valence-electron chi connectivity index (χ2n) is 5.97. The molecule has 1 heterocycles. The van der Waals surface area contributed by atoms with Gasteiger partial charge >= 0.3 is 0 Å². The summed E-state index contributed by atoms with van der Waals surface area (Å²) in [6.45, 7) is 4.47. The molecule has 0 aliphatic carbocycles. The number of nitrogens with one attached hydrogen (secondary N) is 1. The van der Waals surface area contributed by atoms with Gasteiger partial charge in [-0.25, -0.2) is 26.8 Å². The van der Waals surface area contributed by atoms with Crippen molar-refractivity contribution in [1.29, 1.82) is 0 Å². The predicted octanol–water partition coefficient (Wildman–Crippen LogP) is 1.88. The van der Waals surface area contributed by atoms with Crippen LogP contribution in [0.4, 0.5) is 4.39 Å². The maximum absolute atomic E-state index is 12.9. The summed E-state index contributed by atoms with van der Waals surface area (Å²) in [7, 11) is -1.50. The van der Waals surface area contributed by atoms with Crippen molar-refractivity contribution in [3.8, 4) is 0 Å². The molecule has 0 bridgehead atoms. The molecule has 0 saturated heterocycles. The van der Waals surface area contributed by atoms with E-state index in [1.165, 1.54) is 12.1 Å². The lowest BCUT2D eigenvalue weighted by Gasteiger charge is -2.05. The molecule has 1 N–H and O–H groups in total. The summed E-state index contributed by atoms with van der Waals surface area (Å²) in [4.78, 5) is 2.24. The van der Waals surface area contributed by atoms with Gasteiger partial charge < -0.3 is 0 Å². The van der Waals surface area contributed by atoms with Crippen molar-refractivity contribution >= 4 is 15.7 Å². The normalized spacial score (nSPS) is 12.4. The van der Waals surface area contributed by atoms with Crippen LogP contribution < -0.4 is 9.40 Å². The van der Waals surface area contributed by atoms with Crippen LogP contribution in [0, 0.1) is 12.7 Å². The molecule has 25 heavy (non-hydrogen) atoms. The quantitative estimate of drug-likeness (QED) is 0.335. The molecule has 0 amide bonds. The lowest BCUT2D eigenvalue weighted by atomic mass is 10.1. The van der Waals surface area contributed by atoms with Gasteiger partial charge in [0.05, 0.1) is 25.1 Å². The zero-order chi connectivity index (χ0) is 18.4. The molecule has 2 aromatic rings. The van der Waals surface area contributed by atoms with Crippen LogP contribution in [0.5, 0.6) is 0 Å². The molecule has 0 saturated carbocycles. The fraction of sp³-hybridized carbons (Fsp3) is 0.412. The zero-order valence-electron chi connectivity index (χ0n) is 14.7. The van der Waals surface area contributed by atoms with Crippen molar-refractivity contribution in [2.75, 3.05) is 5.75 Å². The first-order chi connectivity index (χ1) is 11.8. The van der Waals surface area contributed by atoms with Crippen LogP contribution in [0.15, 0.2) is 41.8 Å². The third-order valence-electron chi connectivity index (χ3n) is 4.07. The summed E-state index contributed by atoms with van der Waals surface area (Å²) in [6, 6.07) is 5.74. The van der Waals surface area contributed by atoms with Crippen LogP contribution in [0.25, 0.3) is 0 Å². The lowest BCUT2D eigenvalue weighted by Crippen LogP contribution is -2.29. The summed E-state index contributed by atoms with van der Waals surface area (Å²) in [5.41, 5.74) is 1.15. The van der Waals surface area contributed by atoms with E-state index in [9.17, 15) is 12.8 Å². The van der Waals surface area contributed by atoms with Gasteiger partial charge in [0.25, 0.3) is 5.82 Å². The molecule has 0 fully saturated rings. The van der Waals surface area contributed by atoms with Gasteiger partial charge in [-0.15, -0.1) is 0 Å². The van der Waals surface area contributed by atoms with Crippen molar-refractivity contribution < 1.29 is 17.4 Å². The smallest absolute Gasteiger partial charge is 0.237 e. The number of aromatic nitrogens is 2. The highest BCUT2D eigenvalue weighted by molar-refractivity contribution is 7.89. The summed E-state index contributed by atoms with van der Waals surface area (Å²) in [5.74, 6) is 0.795. The van der Waals surface area contributed by atoms with Crippen molar-refractivity contribution in [2.45, 2.75) is 33.2 Å². The molecule has 0 aliphatic rings. The number of hydrogen-bond donors (Lipinski definition) is 1. The van der Waals surface area contributed by atoms with Gasteiger partial charge in [0, 0.05) is 6.92 Å². The van der Waals surface area contributed by atoms with E-state index in [0.717, 1.165) is 18.8 Å². The third-order valence-corrected chi connectivity index (χ3v) is 5.27. The number of imidazole rings is 1. The minimum atomic E-state index is -3.48. The van der Waals surface area contributed by atoms with Crippen LogP contribution in [0.3, 0.4) is 0 Å². The van der Waals surface area contributed by atoms with Gasteiger partial charge in [0.1, 0.15) is 18.2 Å². The van der Waals surface area contributed by atoms with Crippen molar-refractivity contribution in [1.82, 2.24) is 9.40 Å². The number of halogens is 1. The van der Waals surface area contributed by atoms with E-state index in [-0.39, 0.29) is 11.6 Å². The Morgan fingerprint density at radius 3 is 2.56 bits per heavy atom. The fourth-order valence-corrected chi connectivity index (χ4v) is 3.30. The summed E-state index contributed by atoms with van der Waals surface area (Å²) in [6.07, 6.45) is 5.26. The zero-order valence-corrected chi connectivity index (χ0v) is 15.6. The minimum Gasteiger partial charge on any atom is -0.237 e. The summed E-state index contributed by atoms with van der Waals surface area (Å²) in [5, 5.41) is 3.90. The van der Waals surface area contributed by atoms with Crippen molar-refractivity contribution in [3.05, 3.63) is 53.9 Å². The number of nitrogens with zero attached hydrogens (tertiary/aromatic N) is 3. The van der Waals surface area contributed by atoms with E-state index >= 15 is 0 Å². The molecule has 0 aliphatic heterocycles. The Labute approximate surface area is 148 Å². The Balaban J connectivity index is 1.82. The standard InChI is InChI=1S/C17H24FN4O2S/c1-14(16-6-8-17(18)9-7-16)19-20-25(23,24)13-5-4-10-22-12-11-21(3)15(22)2/h6-9,11-12,20H,4-5,10,13H2,1-3H3/q+1/b19-14+. The Morgan fingerprint density at radius 1 is 1.28 bits per heavy atom. The van der Waals surface area contributed by atoms with Crippen LogP contribution >= 0.6 is 0 Å². The molecule has 1 aromatic carbocycles. The van der Waals surface area contributed by atoms with E-state index in [1.54, 1.807) is 19.1 Å². The first-order valence-electron chi connectivity index (χ1n) is 8.09. The SMILES string of the molecule is C/C(=N\NS(=O)(=O)CCCCn1cc[n+](C)c1C)c1ccc(F)cc1. The Morgan fingerprint density at radius 2 is 1.96 bits per heavy atom. The first kappa shape index (κ1) is 19.1. The average Bonchev–Trinajstić information content (AvgIpc) is 2.89. The topological polar surface area (TPSA) is 67.3 Å². The Kier molecular flexibility index (Phi) is 6.30. The molecule has 1 aromatic heterocycles. The number of hydrazone groups is 1. The second kappa shape index (κ2) is 8.24. The van der Waals surface area contributed by atoms with Gasteiger partial charge in [-0.3, -0.25) is 0 Å². The van der Waals surface area contributed by atoms with Gasteiger partial charge in [0.2, 0.25) is 10.0 Å². The van der Waals surface area contributed by atoms with Gasteiger partial charge in [-0.1, -0.05) is 12.1 Å². The van der Waals surface area contributed by atoms with Crippen molar-refractivity contribution in [3.63, 3.8) is 0 Å². The number of unbranched alkanes of at least 4 members (excludes halogenated alkanes) is 1. The van der Waals surface area contributed by atoms with Crippen molar-refractivity contribution in [2.24, 2.45) is 12.1 Å². The van der Waals surface area contributed by atoms with Gasteiger partial charge in [-0.2, -0.15) is 5.10 Å². The Bertz CT molecular complexity index is 842. The second-order valence-corrected chi connectivity index (χ2v) is 7.79. The lowest BCUT2D eigenvalue weighted by molar-refractivity contribution is -0.677. The molecule has 136 valence electrons. The van der Waals surface area contributed by atoms with Crippen LogP contribution in [0.1, 0.15) is 31.2 Å². The van der Waals surface area contributed by atoms with E-state index in [0.29, 0.717) is 17.7 Å². The van der Waals surface area contributed by atoms with E-state index < -0.39 is 10.0 Å². The third kappa shape index (κ3) is 5.67. The highest BCUT2D eigenvalue weighted by Crippen LogP contribution is 2.05. The van der Waals surface area contributed by atoms with Crippen LogP contribution in [-0.4, -0.2) is 24.4 Å². The predicted molar refractivity (Wildman–Crippen MR) is 95.1 cm³/mol. The maximum Gasteiger partial charge on any atom is 0.253 e. The van der Waals surface area contributed by atoms with Crippen LogP contribution in [0.2, 0.25) is 0 Å². The molecule has 0 atom stereocenters. The summed E-state index contributed by atoms with van der Waals surface area (Å²) >= 11 is 0. The van der Waals surface area contributed by atoms with E-state index in [4.69, 9.17) is 0 Å². The molecule has 8 heteroatoms. The Hall–Kier alpha value is -2.22. The number of benzene rings is 1. The molecule has 0 unspecified atom stereocenters. The van der Waals surface area contributed by atoms with E-state index in [2.05, 4.69) is 14.5 Å². The number of hydrogen-bond acceptors (Lipinski definition) is 3. The molecule has 0 radical (unpaired) electrons. The van der Waals surface area contributed by atoms with Crippen LogP contribution in [-0.2, 0) is 23.6 Å². The maximum atomic E-state index is 12.9. The highest BCUT2D eigenvalue weighted by Gasteiger charge is 2.11. The average molecular weight is 367 g/mol. The number of rotatable bonds is 8. The largest absolute Gasteiger partial charge is 0.253 e. The molecular weight excluding hydrogens is 343 g/mol. The molecule has 2 rings (SSSR count). The fourth-order valence-electron chi connectivity index (χ4n) is 2.35. The summed E-state index contributed by atoms with van der Waals surface area (Å²) < 4.78 is 41.0. The first-order valence-corrected chi connectivity index (χ1v) is 9.75. The monoisotopic (exact) mass is 367 g/mol. The van der Waals surface area contributed by atoms with E-state index in [1.807, 2.05) is 30.9 Å². The number of sulfonamides is 1. The highest BCUT2D eigenvalue weighted by atomic mass is 32.2. The molecule has 6 nitrogen and oxygen atoms in total.